The average Bonchev–Trinajstić information content (AvgIpc) is 2.63. The van der Waals surface area contributed by atoms with Crippen molar-refractivity contribution in [2.24, 2.45) is 0 Å². The maximum atomic E-state index is 13.5. The fourth-order valence-corrected chi connectivity index (χ4v) is 2.94. The van der Waals surface area contributed by atoms with E-state index in [1.807, 2.05) is 30.5 Å². The minimum absolute atomic E-state index is 0.0896. The smallest absolute Gasteiger partial charge is 0.141 e. The molecule has 0 amide bonds. The molecule has 0 N–H and O–H groups in total. The fraction of sp³-hybridized carbons (Fsp3) is 0. The molecule has 4 rings (SSSR count). The van der Waals surface area contributed by atoms with Gasteiger partial charge in [0, 0.05) is 35.1 Å². The topological polar surface area (TPSA) is 25.8 Å². The minimum Gasteiger partial charge on any atom is -0.264 e. The molecule has 0 fully saturated rings. The molecule has 0 saturated carbocycles. The second-order valence-electron chi connectivity index (χ2n) is 5.47. The molecule has 116 valence electrons. The molecule has 0 spiro atoms. The Hall–Kier alpha value is -2.78. The van der Waals surface area contributed by atoms with Gasteiger partial charge in [0.05, 0.1) is 10.7 Å². The second kappa shape index (κ2) is 6.02. The number of fused-ring (bicyclic) bond motifs is 1. The number of nitrogens with zero attached hydrogens (tertiary/aromatic N) is 2. The Morgan fingerprint density at radius 1 is 0.833 bits per heavy atom. The molecule has 2 aromatic heterocycles. The van der Waals surface area contributed by atoms with Crippen molar-refractivity contribution in [3.05, 3.63) is 84.0 Å². The van der Waals surface area contributed by atoms with E-state index in [1.165, 1.54) is 6.07 Å². The number of aromatic nitrogens is 2. The van der Waals surface area contributed by atoms with Gasteiger partial charge < -0.3 is 0 Å². The van der Waals surface area contributed by atoms with Crippen molar-refractivity contribution in [2.45, 2.75) is 0 Å². The first-order chi connectivity index (χ1) is 11.7. The molecule has 0 bridgehead atoms. The van der Waals surface area contributed by atoms with Crippen LogP contribution in [0.5, 0.6) is 0 Å². The maximum Gasteiger partial charge on any atom is 0.141 e. The molecule has 0 radical (unpaired) electrons. The summed E-state index contributed by atoms with van der Waals surface area (Å²) in [5.41, 5.74) is 3.54. The first kappa shape index (κ1) is 14.8. The van der Waals surface area contributed by atoms with Gasteiger partial charge >= 0.3 is 0 Å². The van der Waals surface area contributed by atoms with Gasteiger partial charge in [-0.05, 0) is 47.3 Å². The Morgan fingerprint density at radius 2 is 1.71 bits per heavy atom. The van der Waals surface area contributed by atoms with Crippen LogP contribution in [0.3, 0.4) is 0 Å². The molecule has 2 heterocycles. The summed E-state index contributed by atoms with van der Waals surface area (Å²) < 4.78 is 13.5. The summed E-state index contributed by atoms with van der Waals surface area (Å²) in [6.07, 6.45) is 5.33. The number of halogens is 2. The SMILES string of the molecule is Fc1ccc(-c2ncccc2-c2ccc3ccncc3c2)cc1Cl. The monoisotopic (exact) mass is 334 g/mol. The van der Waals surface area contributed by atoms with Crippen LogP contribution >= 0.6 is 11.6 Å². The van der Waals surface area contributed by atoms with Crippen molar-refractivity contribution in [3.63, 3.8) is 0 Å². The molecule has 0 unspecified atom stereocenters. The number of rotatable bonds is 2. The Labute approximate surface area is 143 Å². The molecule has 0 aliphatic heterocycles. The maximum absolute atomic E-state index is 13.5. The molecule has 4 aromatic rings. The van der Waals surface area contributed by atoms with E-state index in [0.29, 0.717) is 0 Å². The Balaban J connectivity index is 1.90. The zero-order chi connectivity index (χ0) is 16.5. The first-order valence-electron chi connectivity index (χ1n) is 7.47. The molecule has 4 heteroatoms. The van der Waals surface area contributed by atoms with Crippen LogP contribution in [0.2, 0.25) is 5.02 Å². The summed E-state index contributed by atoms with van der Waals surface area (Å²) in [5.74, 6) is -0.435. The lowest BCUT2D eigenvalue weighted by atomic mass is 9.97. The normalized spacial score (nSPS) is 10.9. The predicted octanol–water partition coefficient (Wildman–Crippen LogP) is 5.76. The summed E-state index contributed by atoms with van der Waals surface area (Å²) in [7, 11) is 0. The lowest BCUT2D eigenvalue weighted by molar-refractivity contribution is 0.628. The zero-order valence-corrected chi connectivity index (χ0v) is 13.3. The lowest BCUT2D eigenvalue weighted by Crippen LogP contribution is -1.90. The summed E-state index contributed by atoms with van der Waals surface area (Å²) >= 11 is 5.93. The predicted molar refractivity (Wildman–Crippen MR) is 95.4 cm³/mol. The third-order valence-corrected chi connectivity index (χ3v) is 4.24. The largest absolute Gasteiger partial charge is 0.264 e. The van der Waals surface area contributed by atoms with Crippen molar-refractivity contribution in [3.8, 4) is 22.4 Å². The van der Waals surface area contributed by atoms with E-state index < -0.39 is 5.82 Å². The molecular formula is C20H12ClFN2. The van der Waals surface area contributed by atoms with Crippen LogP contribution in [0, 0.1) is 5.82 Å². The quantitative estimate of drug-likeness (QED) is 0.466. The van der Waals surface area contributed by atoms with E-state index in [4.69, 9.17) is 11.6 Å². The van der Waals surface area contributed by atoms with Crippen LogP contribution in [-0.4, -0.2) is 9.97 Å². The van der Waals surface area contributed by atoms with E-state index >= 15 is 0 Å². The molecular weight excluding hydrogens is 323 g/mol. The highest BCUT2D eigenvalue weighted by atomic mass is 35.5. The van der Waals surface area contributed by atoms with E-state index in [1.54, 1.807) is 24.5 Å². The van der Waals surface area contributed by atoms with Crippen LogP contribution < -0.4 is 0 Å². The van der Waals surface area contributed by atoms with Crippen LogP contribution in [0.15, 0.2) is 73.2 Å². The zero-order valence-electron chi connectivity index (χ0n) is 12.6. The van der Waals surface area contributed by atoms with Gasteiger partial charge in [0.1, 0.15) is 5.82 Å². The lowest BCUT2D eigenvalue weighted by Gasteiger charge is -2.10. The highest BCUT2D eigenvalue weighted by Gasteiger charge is 2.11. The van der Waals surface area contributed by atoms with Gasteiger partial charge in [0.25, 0.3) is 0 Å². The number of hydrogen-bond acceptors (Lipinski definition) is 2. The van der Waals surface area contributed by atoms with Gasteiger partial charge in [-0.2, -0.15) is 0 Å². The van der Waals surface area contributed by atoms with Crippen molar-refractivity contribution < 1.29 is 4.39 Å². The molecule has 2 aromatic carbocycles. The highest BCUT2D eigenvalue weighted by molar-refractivity contribution is 6.31. The summed E-state index contributed by atoms with van der Waals surface area (Å²) in [5, 5.41) is 2.28. The van der Waals surface area contributed by atoms with Crippen LogP contribution in [-0.2, 0) is 0 Å². The van der Waals surface area contributed by atoms with E-state index in [0.717, 1.165) is 33.2 Å². The second-order valence-corrected chi connectivity index (χ2v) is 5.87. The number of pyridine rings is 2. The minimum atomic E-state index is -0.435. The number of benzene rings is 2. The van der Waals surface area contributed by atoms with Crippen molar-refractivity contribution in [1.82, 2.24) is 9.97 Å². The summed E-state index contributed by atoms with van der Waals surface area (Å²) in [6, 6.07) is 16.7. The number of hydrogen-bond donors (Lipinski definition) is 0. The van der Waals surface area contributed by atoms with Crippen LogP contribution in [0.25, 0.3) is 33.2 Å². The molecule has 0 aliphatic rings. The van der Waals surface area contributed by atoms with Gasteiger partial charge in [-0.1, -0.05) is 29.8 Å². The summed E-state index contributed by atoms with van der Waals surface area (Å²) in [6.45, 7) is 0. The van der Waals surface area contributed by atoms with Gasteiger partial charge in [0.2, 0.25) is 0 Å². The molecule has 0 atom stereocenters. The molecule has 0 saturated heterocycles. The molecule has 0 aliphatic carbocycles. The molecule has 2 nitrogen and oxygen atoms in total. The Bertz CT molecular complexity index is 1050. The van der Waals surface area contributed by atoms with Gasteiger partial charge in [-0.25, -0.2) is 4.39 Å². The third kappa shape index (κ3) is 2.63. The van der Waals surface area contributed by atoms with Crippen LogP contribution in [0.4, 0.5) is 4.39 Å². The van der Waals surface area contributed by atoms with E-state index in [-0.39, 0.29) is 5.02 Å². The third-order valence-electron chi connectivity index (χ3n) is 3.95. The van der Waals surface area contributed by atoms with Gasteiger partial charge in [-0.3, -0.25) is 9.97 Å². The van der Waals surface area contributed by atoms with Crippen molar-refractivity contribution >= 4 is 22.4 Å². The first-order valence-corrected chi connectivity index (χ1v) is 7.85. The standard InChI is InChI=1S/C20H12ClFN2/c21-18-11-15(5-6-19(18)22)20-17(2-1-8-24-20)14-4-3-13-7-9-23-12-16(13)10-14/h1-12H. The molecule has 24 heavy (non-hydrogen) atoms. The van der Waals surface area contributed by atoms with E-state index in [9.17, 15) is 4.39 Å². The average molecular weight is 335 g/mol. The van der Waals surface area contributed by atoms with Crippen molar-refractivity contribution in [2.75, 3.05) is 0 Å². The van der Waals surface area contributed by atoms with E-state index in [2.05, 4.69) is 22.1 Å². The Morgan fingerprint density at radius 3 is 2.58 bits per heavy atom. The van der Waals surface area contributed by atoms with Gasteiger partial charge in [0.15, 0.2) is 0 Å². The Kier molecular flexibility index (Phi) is 3.71. The fourth-order valence-electron chi connectivity index (χ4n) is 2.76. The summed E-state index contributed by atoms with van der Waals surface area (Å²) in [4.78, 5) is 8.65. The van der Waals surface area contributed by atoms with Crippen molar-refractivity contribution in [1.29, 1.82) is 0 Å². The highest BCUT2D eigenvalue weighted by Crippen LogP contribution is 2.33. The van der Waals surface area contributed by atoms with Crippen LogP contribution in [0.1, 0.15) is 0 Å². The van der Waals surface area contributed by atoms with Gasteiger partial charge in [-0.15, -0.1) is 0 Å².